The van der Waals surface area contributed by atoms with E-state index in [9.17, 15) is 9.50 Å². The zero-order chi connectivity index (χ0) is 14.8. The maximum absolute atomic E-state index is 13.9. The van der Waals surface area contributed by atoms with Crippen molar-refractivity contribution in [3.63, 3.8) is 0 Å². The number of aliphatic hydroxyl groups is 1. The van der Waals surface area contributed by atoms with Gasteiger partial charge in [-0.15, -0.1) is 0 Å². The van der Waals surface area contributed by atoms with Crippen LogP contribution >= 0.6 is 0 Å². The highest BCUT2D eigenvalue weighted by molar-refractivity contribution is 5.87. The molecule has 108 valence electrons. The second-order valence-electron chi connectivity index (χ2n) is 4.70. The molecule has 0 radical (unpaired) electrons. The molecule has 2 heterocycles. The predicted octanol–water partition coefficient (Wildman–Crippen LogP) is 1.75. The summed E-state index contributed by atoms with van der Waals surface area (Å²) in [7, 11) is 0. The summed E-state index contributed by atoms with van der Waals surface area (Å²) in [5, 5.41) is 17.2. The van der Waals surface area contributed by atoms with E-state index in [-0.39, 0.29) is 5.82 Å². The van der Waals surface area contributed by atoms with Crippen LogP contribution in [0.3, 0.4) is 0 Å². The number of anilines is 1. The molecule has 0 saturated heterocycles. The van der Waals surface area contributed by atoms with Gasteiger partial charge in [-0.2, -0.15) is 5.10 Å². The maximum atomic E-state index is 13.9. The number of hydrogen-bond acceptors (Lipinski definition) is 5. The Kier molecular flexibility index (Phi) is 3.49. The standard InChI is InChI=1S/C14H14FN5O/c1-9(21)6-16-13-10-7-19-20(14(10)18-8-17-13)12-5-3-2-4-11(12)15/h2-5,7-9,21H,6H2,1H3,(H,16,17,18). The highest BCUT2D eigenvalue weighted by atomic mass is 19.1. The molecule has 0 spiro atoms. The average molecular weight is 287 g/mol. The van der Waals surface area contributed by atoms with Gasteiger partial charge < -0.3 is 10.4 Å². The number of hydrogen-bond donors (Lipinski definition) is 2. The fourth-order valence-corrected chi connectivity index (χ4v) is 2.03. The minimum absolute atomic E-state index is 0.327. The number of aliphatic hydroxyl groups excluding tert-OH is 1. The number of rotatable bonds is 4. The summed E-state index contributed by atoms with van der Waals surface area (Å²) >= 11 is 0. The number of benzene rings is 1. The normalized spacial score (nSPS) is 12.5. The molecule has 0 bridgehead atoms. The molecule has 0 aliphatic rings. The molecule has 2 N–H and O–H groups in total. The molecule has 6 nitrogen and oxygen atoms in total. The number of nitrogens with zero attached hydrogens (tertiary/aromatic N) is 4. The van der Waals surface area contributed by atoms with E-state index in [4.69, 9.17) is 0 Å². The first-order valence-corrected chi connectivity index (χ1v) is 6.52. The lowest BCUT2D eigenvalue weighted by molar-refractivity contribution is 0.208. The van der Waals surface area contributed by atoms with Gasteiger partial charge in [0.25, 0.3) is 0 Å². The Hall–Kier alpha value is -2.54. The molecule has 1 atom stereocenters. The molecule has 0 aliphatic carbocycles. The van der Waals surface area contributed by atoms with Crippen LogP contribution in [-0.4, -0.2) is 37.5 Å². The number of aromatic nitrogens is 4. The summed E-state index contributed by atoms with van der Waals surface area (Å²) < 4.78 is 15.3. The van der Waals surface area contributed by atoms with Gasteiger partial charge in [-0.3, -0.25) is 0 Å². The molecule has 3 rings (SSSR count). The van der Waals surface area contributed by atoms with Crippen LogP contribution in [0.15, 0.2) is 36.8 Å². The number of para-hydroxylation sites is 1. The van der Waals surface area contributed by atoms with Crippen molar-refractivity contribution in [2.24, 2.45) is 0 Å². The van der Waals surface area contributed by atoms with E-state index in [1.165, 1.54) is 17.1 Å². The smallest absolute Gasteiger partial charge is 0.168 e. The Morgan fingerprint density at radius 1 is 1.33 bits per heavy atom. The van der Waals surface area contributed by atoms with Crippen molar-refractivity contribution < 1.29 is 9.50 Å². The van der Waals surface area contributed by atoms with Crippen molar-refractivity contribution in [2.75, 3.05) is 11.9 Å². The van der Waals surface area contributed by atoms with Gasteiger partial charge in [0.1, 0.15) is 23.6 Å². The highest BCUT2D eigenvalue weighted by Gasteiger charge is 2.13. The zero-order valence-corrected chi connectivity index (χ0v) is 11.4. The quantitative estimate of drug-likeness (QED) is 0.764. The number of fused-ring (bicyclic) bond motifs is 1. The van der Waals surface area contributed by atoms with Gasteiger partial charge in [-0.25, -0.2) is 19.0 Å². The third kappa shape index (κ3) is 2.55. The second-order valence-corrected chi connectivity index (χ2v) is 4.70. The molecule has 7 heteroatoms. The molecular weight excluding hydrogens is 273 g/mol. The van der Waals surface area contributed by atoms with Crippen LogP contribution in [0.1, 0.15) is 6.92 Å². The molecule has 21 heavy (non-hydrogen) atoms. The van der Waals surface area contributed by atoms with Crippen LogP contribution in [0.5, 0.6) is 0 Å². The van der Waals surface area contributed by atoms with Gasteiger partial charge in [0.05, 0.1) is 17.7 Å². The lowest BCUT2D eigenvalue weighted by atomic mass is 10.3. The summed E-state index contributed by atoms with van der Waals surface area (Å²) in [6.07, 6.45) is 2.45. The summed E-state index contributed by atoms with van der Waals surface area (Å²) in [4.78, 5) is 8.29. The van der Waals surface area contributed by atoms with Crippen molar-refractivity contribution in [3.8, 4) is 5.69 Å². The molecule has 0 aliphatic heterocycles. The van der Waals surface area contributed by atoms with E-state index in [1.807, 2.05) is 0 Å². The SMILES string of the molecule is CC(O)CNc1ncnc2c1cnn2-c1ccccc1F. The van der Waals surface area contributed by atoms with Gasteiger partial charge in [0, 0.05) is 6.54 Å². The molecule has 3 aromatic rings. The highest BCUT2D eigenvalue weighted by Crippen LogP contribution is 2.22. The van der Waals surface area contributed by atoms with Gasteiger partial charge >= 0.3 is 0 Å². The Bertz CT molecular complexity index is 771. The molecule has 1 unspecified atom stereocenters. The average Bonchev–Trinajstić information content (AvgIpc) is 2.90. The topological polar surface area (TPSA) is 75.9 Å². The van der Waals surface area contributed by atoms with Crippen LogP contribution in [0.4, 0.5) is 10.2 Å². The van der Waals surface area contributed by atoms with E-state index in [1.54, 1.807) is 31.3 Å². The fraction of sp³-hybridized carbons (Fsp3) is 0.214. The molecule has 0 fully saturated rings. The second kappa shape index (κ2) is 5.45. The first-order chi connectivity index (χ1) is 10.2. The largest absolute Gasteiger partial charge is 0.392 e. The van der Waals surface area contributed by atoms with Crippen LogP contribution in [0.25, 0.3) is 16.7 Å². The fourth-order valence-electron chi connectivity index (χ4n) is 2.03. The summed E-state index contributed by atoms with van der Waals surface area (Å²) in [6, 6.07) is 6.36. The molecule has 2 aromatic heterocycles. The van der Waals surface area contributed by atoms with Crippen molar-refractivity contribution in [2.45, 2.75) is 13.0 Å². The Labute approximate surface area is 120 Å². The minimum atomic E-state index is -0.503. The predicted molar refractivity (Wildman–Crippen MR) is 76.8 cm³/mol. The van der Waals surface area contributed by atoms with E-state index >= 15 is 0 Å². The van der Waals surface area contributed by atoms with Gasteiger partial charge in [0.15, 0.2) is 5.65 Å². The molecule has 1 aromatic carbocycles. The first-order valence-electron chi connectivity index (χ1n) is 6.52. The van der Waals surface area contributed by atoms with Crippen molar-refractivity contribution in [1.82, 2.24) is 19.7 Å². The minimum Gasteiger partial charge on any atom is -0.392 e. The summed E-state index contributed by atoms with van der Waals surface area (Å²) in [5.74, 6) is 0.183. The van der Waals surface area contributed by atoms with Crippen molar-refractivity contribution in [3.05, 3.63) is 42.6 Å². The van der Waals surface area contributed by atoms with Crippen molar-refractivity contribution in [1.29, 1.82) is 0 Å². The Morgan fingerprint density at radius 3 is 2.90 bits per heavy atom. The Balaban J connectivity index is 2.07. The third-order valence-electron chi connectivity index (χ3n) is 3.01. The summed E-state index contributed by atoms with van der Waals surface area (Å²) in [6.45, 7) is 2.03. The number of nitrogens with one attached hydrogen (secondary N) is 1. The summed E-state index contributed by atoms with van der Waals surface area (Å²) in [5.41, 5.74) is 0.830. The lowest BCUT2D eigenvalue weighted by Gasteiger charge is -2.08. The number of halogens is 1. The lowest BCUT2D eigenvalue weighted by Crippen LogP contribution is -2.16. The zero-order valence-electron chi connectivity index (χ0n) is 11.4. The van der Waals surface area contributed by atoms with Crippen LogP contribution in [0.2, 0.25) is 0 Å². The monoisotopic (exact) mass is 287 g/mol. The molecule has 0 amide bonds. The van der Waals surface area contributed by atoms with E-state index in [2.05, 4.69) is 20.4 Å². The Morgan fingerprint density at radius 2 is 2.14 bits per heavy atom. The van der Waals surface area contributed by atoms with E-state index < -0.39 is 6.10 Å². The van der Waals surface area contributed by atoms with Gasteiger partial charge in [-0.1, -0.05) is 12.1 Å². The molecular formula is C14H14FN5O. The van der Waals surface area contributed by atoms with Crippen LogP contribution in [-0.2, 0) is 0 Å². The van der Waals surface area contributed by atoms with Gasteiger partial charge in [0.2, 0.25) is 0 Å². The first kappa shape index (κ1) is 13.4. The van der Waals surface area contributed by atoms with Crippen LogP contribution in [0, 0.1) is 5.82 Å². The van der Waals surface area contributed by atoms with Crippen LogP contribution < -0.4 is 5.32 Å². The third-order valence-corrected chi connectivity index (χ3v) is 3.01. The maximum Gasteiger partial charge on any atom is 0.168 e. The van der Waals surface area contributed by atoms with E-state index in [0.29, 0.717) is 29.1 Å². The van der Waals surface area contributed by atoms with Gasteiger partial charge in [-0.05, 0) is 19.1 Å². The molecule has 0 saturated carbocycles. The van der Waals surface area contributed by atoms with Crippen molar-refractivity contribution >= 4 is 16.9 Å². The van der Waals surface area contributed by atoms with E-state index in [0.717, 1.165) is 0 Å².